The Labute approximate surface area is 128 Å². The maximum Gasteiger partial charge on any atom is 0.419 e. The average Bonchev–Trinajstić information content (AvgIpc) is 2.49. The highest BCUT2D eigenvalue weighted by Crippen LogP contribution is 2.30. The van der Waals surface area contributed by atoms with Gasteiger partial charge >= 0.3 is 6.09 Å². The first kappa shape index (κ1) is 13.8. The van der Waals surface area contributed by atoms with E-state index in [0.717, 1.165) is 16.9 Å². The monoisotopic (exact) mass is 302 g/mol. The van der Waals surface area contributed by atoms with Crippen LogP contribution in [0.1, 0.15) is 5.56 Å². The number of rotatable bonds is 1. The fourth-order valence-electron chi connectivity index (χ4n) is 2.31. The van der Waals surface area contributed by atoms with Crippen molar-refractivity contribution < 1.29 is 9.53 Å². The van der Waals surface area contributed by atoms with Crippen LogP contribution in [0.2, 0.25) is 5.02 Å². The van der Waals surface area contributed by atoms with Crippen LogP contribution >= 0.6 is 11.6 Å². The maximum atomic E-state index is 12.4. The second-order valence-corrected chi connectivity index (χ2v) is 5.30. The number of anilines is 2. The first-order valence-corrected chi connectivity index (χ1v) is 7.11. The van der Waals surface area contributed by atoms with Crippen molar-refractivity contribution in [2.45, 2.75) is 6.92 Å². The molecule has 108 valence electrons. The Bertz CT molecular complexity index is 688. The molecular weight excluding hydrogens is 288 g/mol. The Morgan fingerprint density at radius 3 is 2.90 bits per heavy atom. The fourth-order valence-corrected chi connectivity index (χ4v) is 2.58. The molecule has 1 aliphatic rings. The van der Waals surface area contributed by atoms with Gasteiger partial charge < -0.3 is 10.1 Å². The van der Waals surface area contributed by atoms with Crippen LogP contribution in [0.3, 0.4) is 0 Å². The molecule has 2 aromatic carbocycles. The van der Waals surface area contributed by atoms with Crippen LogP contribution in [-0.2, 0) is 0 Å². The van der Waals surface area contributed by atoms with Crippen LogP contribution < -0.4 is 15.0 Å². The summed E-state index contributed by atoms with van der Waals surface area (Å²) >= 11 is 6.10. The predicted molar refractivity (Wildman–Crippen MR) is 84.5 cm³/mol. The van der Waals surface area contributed by atoms with Crippen LogP contribution in [0.15, 0.2) is 42.5 Å². The number of para-hydroxylation sites is 2. The second kappa shape index (κ2) is 5.66. The van der Waals surface area contributed by atoms with Crippen LogP contribution in [0, 0.1) is 6.92 Å². The number of nitrogens with one attached hydrogen (secondary N) is 1. The Morgan fingerprint density at radius 1 is 1.29 bits per heavy atom. The third-order valence-corrected chi connectivity index (χ3v) is 3.65. The molecule has 0 spiro atoms. The molecule has 0 aliphatic carbocycles. The van der Waals surface area contributed by atoms with Gasteiger partial charge in [0.2, 0.25) is 0 Å². The summed E-state index contributed by atoms with van der Waals surface area (Å²) in [6, 6.07) is 13.0. The van der Waals surface area contributed by atoms with Gasteiger partial charge in [-0.2, -0.15) is 0 Å². The van der Waals surface area contributed by atoms with Gasteiger partial charge in [0.15, 0.2) is 5.75 Å². The minimum atomic E-state index is -0.422. The topological polar surface area (TPSA) is 41.6 Å². The van der Waals surface area contributed by atoms with Crippen LogP contribution in [0.25, 0.3) is 0 Å². The number of aryl methyl sites for hydroxylation is 1. The quantitative estimate of drug-likeness (QED) is 0.863. The summed E-state index contributed by atoms with van der Waals surface area (Å²) in [5, 5.41) is 3.69. The molecule has 0 unspecified atom stereocenters. The van der Waals surface area contributed by atoms with Crippen molar-refractivity contribution in [1.29, 1.82) is 0 Å². The van der Waals surface area contributed by atoms with E-state index < -0.39 is 6.09 Å². The van der Waals surface area contributed by atoms with Crippen molar-refractivity contribution in [3.8, 4) is 5.75 Å². The Hall–Kier alpha value is -2.20. The zero-order valence-electron chi connectivity index (χ0n) is 11.6. The predicted octanol–water partition coefficient (Wildman–Crippen LogP) is 4.08. The minimum Gasteiger partial charge on any atom is -0.408 e. The molecule has 0 saturated carbocycles. The average molecular weight is 303 g/mol. The molecule has 0 bridgehead atoms. The molecule has 5 heteroatoms. The van der Waals surface area contributed by atoms with Crippen LogP contribution in [0.5, 0.6) is 5.75 Å². The summed E-state index contributed by atoms with van der Waals surface area (Å²) in [5.41, 5.74) is 2.76. The van der Waals surface area contributed by atoms with E-state index in [2.05, 4.69) is 5.32 Å². The Kier molecular flexibility index (Phi) is 3.71. The Morgan fingerprint density at radius 2 is 2.10 bits per heavy atom. The van der Waals surface area contributed by atoms with Crippen molar-refractivity contribution in [1.82, 2.24) is 0 Å². The number of ether oxygens (including phenoxy) is 1. The van der Waals surface area contributed by atoms with Crippen LogP contribution in [0.4, 0.5) is 16.2 Å². The highest BCUT2D eigenvalue weighted by atomic mass is 35.5. The van der Waals surface area contributed by atoms with E-state index >= 15 is 0 Å². The van der Waals surface area contributed by atoms with E-state index in [1.165, 1.54) is 0 Å². The molecule has 1 aliphatic heterocycles. The van der Waals surface area contributed by atoms with Gasteiger partial charge in [-0.25, -0.2) is 4.79 Å². The van der Waals surface area contributed by atoms with Crippen molar-refractivity contribution in [2.75, 3.05) is 23.3 Å². The summed E-state index contributed by atoms with van der Waals surface area (Å²) in [6.07, 6.45) is -0.422. The summed E-state index contributed by atoms with van der Waals surface area (Å²) in [4.78, 5) is 14.0. The second-order valence-electron chi connectivity index (χ2n) is 4.90. The summed E-state index contributed by atoms with van der Waals surface area (Å²) < 4.78 is 5.42. The van der Waals surface area contributed by atoms with E-state index in [1.54, 1.807) is 17.0 Å². The van der Waals surface area contributed by atoms with Crippen molar-refractivity contribution >= 4 is 29.1 Å². The number of amides is 1. The molecule has 4 nitrogen and oxygen atoms in total. The zero-order valence-corrected chi connectivity index (χ0v) is 12.4. The lowest BCUT2D eigenvalue weighted by atomic mass is 10.2. The lowest BCUT2D eigenvalue weighted by Gasteiger charge is -2.29. The molecular formula is C16H15ClN2O2. The smallest absolute Gasteiger partial charge is 0.408 e. The highest BCUT2D eigenvalue weighted by Gasteiger charge is 2.24. The SMILES string of the molecule is Cc1ccc(OC(=O)N2CCNc3ccccc32)c(Cl)c1. The van der Waals surface area contributed by atoms with Gasteiger partial charge in [0.25, 0.3) is 0 Å². The molecule has 2 aromatic rings. The van der Waals surface area contributed by atoms with E-state index in [4.69, 9.17) is 16.3 Å². The van der Waals surface area contributed by atoms with Crippen molar-refractivity contribution in [3.63, 3.8) is 0 Å². The van der Waals surface area contributed by atoms with Gasteiger partial charge in [-0.1, -0.05) is 29.8 Å². The number of hydrogen-bond acceptors (Lipinski definition) is 3. The molecule has 0 fully saturated rings. The normalized spacial score (nSPS) is 13.3. The third kappa shape index (κ3) is 2.81. The number of halogens is 1. The van der Waals surface area contributed by atoms with Gasteiger partial charge in [-0.05, 0) is 36.8 Å². The largest absolute Gasteiger partial charge is 0.419 e. The number of carbonyl (C=O) groups excluding carboxylic acids is 1. The molecule has 1 heterocycles. The standard InChI is InChI=1S/C16H15ClN2O2/c1-11-6-7-15(12(17)10-11)21-16(20)19-9-8-18-13-4-2-3-5-14(13)19/h2-7,10,18H,8-9H2,1H3. The molecule has 0 saturated heterocycles. The van der Waals surface area contributed by atoms with Crippen LogP contribution in [-0.4, -0.2) is 19.2 Å². The molecule has 21 heavy (non-hydrogen) atoms. The maximum absolute atomic E-state index is 12.4. The van der Waals surface area contributed by atoms with Gasteiger partial charge in [0.05, 0.1) is 16.4 Å². The number of nitrogens with zero attached hydrogens (tertiary/aromatic N) is 1. The number of hydrogen-bond donors (Lipinski definition) is 1. The summed E-state index contributed by atoms with van der Waals surface area (Å²) in [6.45, 7) is 3.18. The van der Waals surface area contributed by atoms with Crippen molar-refractivity contribution in [3.05, 3.63) is 53.1 Å². The molecule has 0 aromatic heterocycles. The Balaban J connectivity index is 1.83. The molecule has 0 atom stereocenters. The van der Waals surface area contributed by atoms with E-state index in [0.29, 0.717) is 23.9 Å². The first-order chi connectivity index (χ1) is 10.1. The lowest BCUT2D eigenvalue weighted by Crippen LogP contribution is -2.40. The van der Waals surface area contributed by atoms with Gasteiger partial charge in [0, 0.05) is 13.1 Å². The zero-order chi connectivity index (χ0) is 14.8. The molecule has 0 radical (unpaired) electrons. The number of fused-ring (bicyclic) bond motifs is 1. The van der Waals surface area contributed by atoms with Gasteiger partial charge in [-0.15, -0.1) is 0 Å². The summed E-state index contributed by atoms with van der Waals surface area (Å²) in [7, 11) is 0. The first-order valence-electron chi connectivity index (χ1n) is 6.73. The van der Waals surface area contributed by atoms with Crippen molar-refractivity contribution in [2.24, 2.45) is 0 Å². The summed E-state index contributed by atoms with van der Waals surface area (Å²) in [5.74, 6) is 0.378. The fraction of sp³-hybridized carbons (Fsp3) is 0.188. The third-order valence-electron chi connectivity index (χ3n) is 3.35. The van der Waals surface area contributed by atoms with E-state index in [9.17, 15) is 4.79 Å². The van der Waals surface area contributed by atoms with Gasteiger partial charge in [0.1, 0.15) is 0 Å². The highest BCUT2D eigenvalue weighted by molar-refractivity contribution is 6.32. The number of carbonyl (C=O) groups is 1. The molecule has 1 N–H and O–H groups in total. The van der Waals surface area contributed by atoms with E-state index in [-0.39, 0.29) is 0 Å². The molecule has 1 amide bonds. The lowest BCUT2D eigenvalue weighted by molar-refractivity contribution is 0.207. The number of benzene rings is 2. The van der Waals surface area contributed by atoms with Gasteiger partial charge in [-0.3, -0.25) is 4.90 Å². The molecule has 3 rings (SSSR count). The minimum absolute atomic E-state index is 0.378. The van der Waals surface area contributed by atoms with E-state index in [1.807, 2.05) is 37.3 Å².